The Balaban J connectivity index is 1.79. The molecule has 3 nitrogen and oxygen atoms in total. The zero-order chi connectivity index (χ0) is 10.7. The maximum atomic E-state index is 5.22. The van der Waals surface area contributed by atoms with Gasteiger partial charge < -0.3 is 10.1 Å². The van der Waals surface area contributed by atoms with Gasteiger partial charge in [-0.05, 0) is 25.7 Å². The van der Waals surface area contributed by atoms with E-state index in [-0.39, 0.29) is 0 Å². The average molecular weight is 226 g/mol. The molecule has 1 saturated carbocycles. The van der Waals surface area contributed by atoms with Gasteiger partial charge in [0.25, 0.3) is 0 Å². The van der Waals surface area contributed by atoms with Crippen molar-refractivity contribution in [1.29, 1.82) is 0 Å². The second-order valence-electron chi connectivity index (χ2n) is 4.16. The highest BCUT2D eigenvalue weighted by molar-refractivity contribution is 7.09. The molecule has 1 atom stereocenters. The molecule has 0 aromatic carbocycles. The minimum absolute atomic E-state index is 0.513. The summed E-state index contributed by atoms with van der Waals surface area (Å²) >= 11 is 1.73. The third-order valence-electron chi connectivity index (χ3n) is 2.72. The van der Waals surface area contributed by atoms with E-state index in [4.69, 9.17) is 4.74 Å². The minimum atomic E-state index is 0.513. The predicted octanol–water partition coefficient (Wildman–Crippen LogP) is 1.97. The zero-order valence-electron chi connectivity index (χ0n) is 9.32. The highest BCUT2D eigenvalue weighted by Crippen LogP contribution is 2.32. The Kier molecular flexibility index (Phi) is 3.72. The van der Waals surface area contributed by atoms with Gasteiger partial charge in [-0.3, -0.25) is 0 Å². The van der Waals surface area contributed by atoms with Crippen LogP contribution in [0.4, 0.5) is 0 Å². The number of ether oxygens (including phenoxy) is 1. The van der Waals surface area contributed by atoms with Gasteiger partial charge in [-0.15, -0.1) is 11.3 Å². The summed E-state index contributed by atoms with van der Waals surface area (Å²) in [7, 11) is 1.77. The largest absolute Gasteiger partial charge is 0.383 e. The van der Waals surface area contributed by atoms with Crippen LogP contribution in [-0.4, -0.2) is 24.7 Å². The van der Waals surface area contributed by atoms with Gasteiger partial charge in [-0.25, -0.2) is 4.98 Å². The van der Waals surface area contributed by atoms with E-state index in [2.05, 4.69) is 15.7 Å². The number of hydrogen-bond acceptors (Lipinski definition) is 4. The number of aryl methyl sites for hydroxylation is 1. The second-order valence-corrected chi connectivity index (χ2v) is 5.11. The SMILES string of the molecule is COCC(NCc1nc(C)cs1)C1CC1. The van der Waals surface area contributed by atoms with Crippen LogP contribution in [0.15, 0.2) is 5.38 Å². The fourth-order valence-electron chi connectivity index (χ4n) is 1.74. The van der Waals surface area contributed by atoms with Gasteiger partial charge in [0.2, 0.25) is 0 Å². The van der Waals surface area contributed by atoms with E-state index in [0.717, 1.165) is 24.8 Å². The molecule has 1 fully saturated rings. The maximum Gasteiger partial charge on any atom is 0.107 e. The van der Waals surface area contributed by atoms with Crippen molar-refractivity contribution in [2.24, 2.45) is 5.92 Å². The van der Waals surface area contributed by atoms with Crippen molar-refractivity contribution < 1.29 is 4.74 Å². The predicted molar refractivity (Wildman–Crippen MR) is 62.1 cm³/mol. The summed E-state index contributed by atoms with van der Waals surface area (Å²) in [5.41, 5.74) is 1.12. The molecule has 1 N–H and O–H groups in total. The lowest BCUT2D eigenvalue weighted by Gasteiger charge is -2.16. The molecule has 1 aliphatic rings. The van der Waals surface area contributed by atoms with Crippen LogP contribution in [0, 0.1) is 12.8 Å². The van der Waals surface area contributed by atoms with E-state index in [9.17, 15) is 0 Å². The summed E-state index contributed by atoms with van der Waals surface area (Å²) in [5, 5.41) is 6.81. The highest BCUT2D eigenvalue weighted by Gasteiger charge is 2.30. The molecule has 0 radical (unpaired) electrons. The molecule has 84 valence electrons. The van der Waals surface area contributed by atoms with E-state index in [0.29, 0.717) is 6.04 Å². The molecule has 1 aliphatic carbocycles. The fourth-order valence-corrected chi connectivity index (χ4v) is 2.46. The van der Waals surface area contributed by atoms with E-state index in [1.165, 1.54) is 17.8 Å². The summed E-state index contributed by atoms with van der Waals surface area (Å²) in [4.78, 5) is 4.44. The Hall–Kier alpha value is -0.450. The van der Waals surface area contributed by atoms with Crippen LogP contribution >= 0.6 is 11.3 Å². The molecule has 1 heterocycles. The van der Waals surface area contributed by atoms with Crippen molar-refractivity contribution in [2.45, 2.75) is 32.4 Å². The molecule has 0 saturated heterocycles. The number of nitrogens with zero attached hydrogens (tertiary/aromatic N) is 1. The summed E-state index contributed by atoms with van der Waals surface area (Å²) in [5.74, 6) is 0.825. The minimum Gasteiger partial charge on any atom is -0.383 e. The summed E-state index contributed by atoms with van der Waals surface area (Å²) in [6, 6.07) is 0.513. The first kappa shape index (κ1) is 11.0. The number of thiazole rings is 1. The van der Waals surface area contributed by atoms with E-state index in [1.807, 2.05) is 6.92 Å². The lowest BCUT2D eigenvalue weighted by atomic mass is 10.2. The number of rotatable bonds is 6. The molecule has 0 spiro atoms. The molecule has 4 heteroatoms. The first-order valence-corrected chi connectivity index (χ1v) is 6.31. The van der Waals surface area contributed by atoms with E-state index in [1.54, 1.807) is 18.4 Å². The van der Waals surface area contributed by atoms with Crippen LogP contribution in [0.5, 0.6) is 0 Å². The monoisotopic (exact) mass is 226 g/mol. The smallest absolute Gasteiger partial charge is 0.107 e. The lowest BCUT2D eigenvalue weighted by molar-refractivity contribution is 0.157. The van der Waals surface area contributed by atoms with Crippen LogP contribution in [0.3, 0.4) is 0 Å². The van der Waals surface area contributed by atoms with Crippen molar-refractivity contribution in [3.05, 3.63) is 16.1 Å². The van der Waals surface area contributed by atoms with Gasteiger partial charge in [0, 0.05) is 30.8 Å². The van der Waals surface area contributed by atoms with Gasteiger partial charge in [0.05, 0.1) is 6.61 Å². The fraction of sp³-hybridized carbons (Fsp3) is 0.727. The maximum absolute atomic E-state index is 5.22. The van der Waals surface area contributed by atoms with Crippen molar-refractivity contribution in [2.75, 3.05) is 13.7 Å². The molecule has 2 rings (SSSR count). The van der Waals surface area contributed by atoms with Crippen LogP contribution in [0.1, 0.15) is 23.5 Å². The highest BCUT2D eigenvalue weighted by atomic mass is 32.1. The van der Waals surface area contributed by atoms with Crippen molar-refractivity contribution in [3.63, 3.8) is 0 Å². The normalized spacial score (nSPS) is 18.0. The van der Waals surface area contributed by atoms with Crippen LogP contribution in [0.25, 0.3) is 0 Å². The summed E-state index contributed by atoms with van der Waals surface area (Å²) in [6.45, 7) is 3.73. The van der Waals surface area contributed by atoms with E-state index < -0.39 is 0 Å². The number of hydrogen-bond donors (Lipinski definition) is 1. The quantitative estimate of drug-likeness (QED) is 0.805. The first-order valence-electron chi connectivity index (χ1n) is 5.43. The number of methoxy groups -OCH3 is 1. The molecular weight excluding hydrogens is 208 g/mol. The van der Waals surface area contributed by atoms with E-state index >= 15 is 0 Å². The first-order chi connectivity index (χ1) is 7.29. The third kappa shape index (κ3) is 3.26. The topological polar surface area (TPSA) is 34.1 Å². The van der Waals surface area contributed by atoms with Gasteiger partial charge in [-0.1, -0.05) is 0 Å². The van der Waals surface area contributed by atoms with Crippen molar-refractivity contribution in [1.82, 2.24) is 10.3 Å². The molecule has 0 bridgehead atoms. The standard InChI is InChI=1S/C11H18N2OS/c1-8-7-15-11(13-8)5-12-10(6-14-2)9-3-4-9/h7,9-10,12H,3-6H2,1-2H3. The third-order valence-corrected chi connectivity index (χ3v) is 3.69. The Morgan fingerprint density at radius 1 is 1.67 bits per heavy atom. The van der Waals surface area contributed by atoms with Gasteiger partial charge in [0.15, 0.2) is 0 Å². The summed E-state index contributed by atoms with van der Waals surface area (Å²) in [6.07, 6.45) is 2.69. The molecule has 1 aromatic rings. The Bertz CT molecular complexity index is 309. The Morgan fingerprint density at radius 3 is 3.00 bits per heavy atom. The molecule has 15 heavy (non-hydrogen) atoms. The second kappa shape index (κ2) is 5.05. The summed E-state index contributed by atoms with van der Waals surface area (Å²) < 4.78 is 5.22. The Morgan fingerprint density at radius 2 is 2.47 bits per heavy atom. The van der Waals surface area contributed by atoms with Gasteiger partial charge in [0.1, 0.15) is 5.01 Å². The average Bonchev–Trinajstić information content (AvgIpc) is 2.97. The van der Waals surface area contributed by atoms with Crippen LogP contribution in [-0.2, 0) is 11.3 Å². The molecule has 1 unspecified atom stereocenters. The van der Waals surface area contributed by atoms with Crippen LogP contribution in [0.2, 0.25) is 0 Å². The number of aromatic nitrogens is 1. The van der Waals surface area contributed by atoms with Gasteiger partial charge >= 0.3 is 0 Å². The molecule has 0 aliphatic heterocycles. The lowest BCUT2D eigenvalue weighted by Crippen LogP contribution is -2.34. The zero-order valence-corrected chi connectivity index (χ0v) is 10.1. The number of nitrogens with one attached hydrogen (secondary N) is 1. The van der Waals surface area contributed by atoms with Crippen LogP contribution < -0.4 is 5.32 Å². The molecule has 1 aromatic heterocycles. The van der Waals surface area contributed by atoms with Crippen molar-refractivity contribution in [3.8, 4) is 0 Å². The molecular formula is C11H18N2OS. The van der Waals surface area contributed by atoms with Crippen molar-refractivity contribution >= 4 is 11.3 Å². The van der Waals surface area contributed by atoms with Gasteiger partial charge in [-0.2, -0.15) is 0 Å². The Labute approximate surface area is 94.9 Å². The molecule has 0 amide bonds.